The Morgan fingerprint density at radius 2 is 1.71 bits per heavy atom. The van der Waals surface area contributed by atoms with Gasteiger partial charge in [0.15, 0.2) is 5.16 Å². The molecule has 0 N–H and O–H groups in total. The van der Waals surface area contributed by atoms with Crippen molar-refractivity contribution in [3.05, 3.63) is 77.3 Å². The summed E-state index contributed by atoms with van der Waals surface area (Å²) in [6.45, 7) is 0. The largest absolute Gasteiger partial charge is 0.497 e. The molecule has 0 amide bonds. The van der Waals surface area contributed by atoms with Crippen molar-refractivity contribution < 1.29 is 9.47 Å². The molecule has 28 heavy (non-hydrogen) atoms. The van der Waals surface area contributed by atoms with Crippen molar-refractivity contribution in [3.63, 3.8) is 0 Å². The summed E-state index contributed by atoms with van der Waals surface area (Å²) < 4.78 is 12.7. The molecule has 0 saturated heterocycles. The van der Waals surface area contributed by atoms with Gasteiger partial charge in [-0.1, -0.05) is 35.5 Å². The number of benzene rings is 3. The van der Waals surface area contributed by atoms with Crippen LogP contribution in [0.15, 0.2) is 71.9 Å². The molecule has 0 bridgehead atoms. The maximum absolute atomic E-state index is 6.26. The average molecular weight is 411 g/mol. The zero-order valence-electron chi connectivity index (χ0n) is 15.6. The molecule has 0 saturated carbocycles. The minimum atomic E-state index is 0.687. The SMILES string of the molecule is COc1ccc(-n2c(SCc3cccc(OC)c3)nc3ccc(Cl)cc32)cc1. The fraction of sp³-hybridized carbons (Fsp3) is 0.136. The van der Waals surface area contributed by atoms with Crippen LogP contribution in [0, 0.1) is 0 Å². The van der Waals surface area contributed by atoms with E-state index < -0.39 is 0 Å². The molecule has 142 valence electrons. The predicted molar refractivity (Wildman–Crippen MR) is 115 cm³/mol. The zero-order valence-corrected chi connectivity index (χ0v) is 17.1. The average Bonchev–Trinajstić information content (AvgIpc) is 3.10. The van der Waals surface area contributed by atoms with Crippen molar-refractivity contribution in [1.29, 1.82) is 0 Å². The second-order valence-corrected chi connectivity index (χ2v) is 7.58. The van der Waals surface area contributed by atoms with Crippen molar-refractivity contribution in [2.45, 2.75) is 10.9 Å². The molecule has 0 aliphatic carbocycles. The highest BCUT2D eigenvalue weighted by Gasteiger charge is 2.14. The van der Waals surface area contributed by atoms with Gasteiger partial charge in [0.05, 0.1) is 25.3 Å². The van der Waals surface area contributed by atoms with Crippen LogP contribution in [-0.4, -0.2) is 23.8 Å². The van der Waals surface area contributed by atoms with Crippen molar-refractivity contribution >= 4 is 34.4 Å². The van der Waals surface area contributed by atoms with E-state index in [0.717, 1.165) is 39.1 Å². The van der Waals surface area contributed by atoms with Crippen LogP contribution in [0.25, 0.3) is 16.7 Å². The first kappa shape index (κ1) is 18.7. The van der Waals surface area contributed by atoms with E-state index in [-0.39, 0.29) is 0 Å². The van der Waals surface area contributed by atoms with E-state index in [4.69, 9.17) is 26.1 Å². The van der Waals surface area contributed by atoms with Gasteiger partial charge in [-0.2, -0.15) is 0 Å². The highest BCUT2D eigenvalue weighted by Crippen LogP contribution is 2.32. The topological polar surface area (TPSA) is 36.3 Å². The Balaban J connectivity index is 1.74. The van der Waals surface area contributed by atoms with Crippen LogP contribution in [0.1, 0.15) is 5.56 Å². The maximum atomic E-state index is 6.26. The number of ether oxygens (including phenoxy) is 2. The number of nitrogens with zero attached hydrogens (tertiary/aromatic N) is 2. The van der Waals surface area contributed by atoms with Crippen LogP contribution < -0.4 is 9.47 Å². The summed E-state index contributed by atoms with van der Waals surface area (Å²) in [7, 11) is 3.34. The minimum absolute atomic E-state index is 0.687. The van der Waals surface area contributed by atoms with Gasteiger partial charge in [0.1, 0.15) is 11.5 Å². The third kappa shape index (κ3) is 3.81. The molecule has 0 atom stereocenters. The number of hydrogen-bond acceptors (Lipinski definition) is 4. The van der Waals surface area contributed by atoms with Crippen LogP contribution in [0.3, 0.4) is 0 Å². The molecule has 1 aromatic heterocycles. The van der Waals surface area contributed by atoms with E-state index in [1.165, 1.54) is 5.56 Å². The molecule has 0 spiro atoms. The first-order valence-corrected chi connectivity index (χ1v) is 10.1. The normalized spacial score (nSPS) is 11.0. The van der Waals surface area contributed by atoms with E-state index in [2.05, 4.69) is 10.6 Å². The van der Waals surface area contributed by atoms with Gasteiger partial charge in [-0.15, -0.1) is 0 Å². The highest BCUT2D eigenvalue weighted by atomic mass is 35.5. The number of thioether (sulfide) groups is 1. The van der Waals surface area contributed by atoms with Gasteiger partial charge >= 0.3 is 0 Å². The zero-order chi connectivity index (χ0) is 19.5. The molecule has 0 aliphatic rings. The molecule has 4 aromatic rings. The number of halogens is 1. The molecule has 0 fully saturated rings. The van der Waals surface area contributed by atoms with Crippen molar-refractivity contribution in [2.24, 2.45) is 0 Å². The second kappa shape index (κ2) is 8.17. The summed E-state index contributed by atoms with van der Waals surface area (Å²) in [5.74, 6) is 2.45. The van der Waals surface area contributed by atoms with Crippen LogP contribution in [0.2, 0.25) is 5.02 Å². The van der Waals surface area contributed by atoms with E-state index >= 15 is 0 Å². The molecule has 4 rings (SSSR count). The third-order valence-electron chi connectivity index (χ3n) is 4.42. The standard InChI is InChI=1S/C22H19ClN2O2S/c1-26-18-9-7-17(8-10-18)25-21-13-16(23)6-11-20(21)24-22(25)28-14-15-4-3-5-19(12-15)27-2/h3-13H,14H2,1-2H3. The van der Waals surface area contributed by atoms with Crippen molar-refractivity contribution in [1.82, 2.24) is 9.55 Å². The Morgan fingerprint density at radius 3 is 2.46 bits per heavy atom. The van der Waals surface area contributed by atoms with Crippen LogP contribution in [0.4, 0.5) is 0 Å². The van der Waals surface area contributed by atoms with E-state index in [1.54, 1.807) is 26.0 Å². The summed E-state index contributed by atoms with van der Waals surface area (Å²) in [5, 5.41) is 1.59. The smallest absolute Gasteiger partial charge is 0.174 e. The fourth-order valence-corrected chi connectivity index (χ4v) is 4.15. The summed E-state index contributed by atoms with van der Waals surface area (Å²) in [5.41, 5.74) is 4.08. The lowest BCUT2D eigenvalue weighted by Crippen LogP contribution is -1.97. The Kier molecular flexibility index (Phi) is 5.46. The minimum Gasteiger partial charge on any atom is -0.497 e. The molecule has 4 nitrogen and oxygen atoms in total. The Morgan fingerprint density at radius 1 is 0.929 bits per heavy atom. The van der Waals surface area contributed by atoms with E-state index in [9.17, 15) is 0 Å². The number of fused-ring (bicyclic) bond motifs is 1. The first-order valence-electron chi connectivity index (χ1n) is 8.76. The van der Waals surface area contributed by atoms with E-state index in [0.29, 0.717) is 5.02 Å². The number of hydrogen-bond donors (Lipinski definition) is 0. The number of methoxy groups -OCH3 is 2. The number of rotatable bonds is 6. The monoisotopic (exact) mass is 410 g/mol. The van der Waals surface area contributed by atoms with Crippen LogP contribution >= 0.6 is 23.4 Å². The molecular formula is C22H19ClN2O2S. The van der Waals surface area contributed by atoms with E-state index in [1.807, 2.05) is 60.7 Å². The van der Waals surface area contributed by atoms with Gasteiger partial charge in [0.2, 0.25) is 0 Å². The second-order valence-electron chi connectivity index (χ2n) is 6.20. The highest BCUT2D eigenvalue weighted by molar-refractivity contribution is 7.98. The van der Waals surface area contributed by atoms with Crippen molar-refractivity contribution in [3.8, 4) is 17.2 Å². The Bertz CT molecular complexity index is 1110. The lowest BCUT2D eigenvalue weighted by atomic mass is 10.2. The van der Waals surface area contributed by atoms with Gasteiger partial charge < -0.3 is 9.47 Å². The maximum Gasteiger partial charge on any atom is 0.174 e. The quantitative estimate of drug-likeness (QED) is 0.366. The third-order valence-corrected chi connectivity index (χ3v) is 5.66. The number of imidazole rings is 1. The molecular weight excluding hydrogens is 392 g/mol. The molecule has 0 aliphatic heterocycles. The summed E-state index contributed by atoms with van der Waals surface area (Å²) in [4.78, 5) is 4.84. The van der Waals surface area contributed by atoms with Gasteiger partial charge in [-0.25, -0.2) is 4.98 Å². The first-order chi connectivity index (χ1) is 13.7. The van der Waals surface area contributed by atoms with Gasteiger partial charge in [0.25, 0.3) is 0 Å². The molecule has 0 radical (unpaired) electrons. The summed E-state index contributed by atoms with van der Waals surface area (Å²) >= 11 is 7.94. The van der Waals surface area contributed by atoms with Gasteiger partial charge in [-0.3, -0.25) is 4.57 Å². The van der Waals surface area contributed by atoms with Crippen LogP contribution in [0.5, 0.6) is 11.5 Å². The molecule has 3 aromatic carbocycles. The summed E-state index contributed by atoms with van der Waals surface area (Å²) in [6, 6.07) is 21.8. The number of aromatic nitrogens is 2. The predicted octanol–water partition coefficient (Wildman–Crippen LogP) is 5.99. The van der Waals surface area contributed by atoms with Crippen molar-refractivity contribution in [2.75, 3.05) is 14.2 Å². The fourth-order valence-electron chi connectivity index (χ4n) is 3.01. The molecule has 6 heteroatoms. The molecule has 1 heterocycles. The lowest BCUT2D eigenvalue weighted by Gasteiger charge is -2.10. The van der Waals surface area contributed by atoms with Gasteiger partial charge in [-0.05, 0) is 60.2 Å². The lowest BCUT2D eigenvalue weighted by molar-refractivity contribution is 0.414. The summed E-state index contributed by atoms with van der Waals surface area (Å²) in [6.07, 6.45) is 0. The van der Waals surface area contributed by atoms with Gasteiger partial charge in [0, 0.05) is 16.5 Å². The Hall–Kier alpha value is -2.63. The molecule has 0 unspecified atom stereocenters. The Labute approximate surface area is 173 Å². The van der Waals surface area contributed by atoms with Crippen LogP contribution in [-0.2, 0) is 5.75 Å².